The van der Waals surface area contributed by atoms with Crippen molar-refractivity contribution in [3.8, 4) is 5.75 Å². The fraction of sp³-hybridized carbons (Fsp3) is 0.185. The number of rotatable bonds is 7. The fourth-order valence-corrected chi connectivity index (χ4v) is 4.06. The molecule has 1 aromatic heterocycles. The molecule has 0 fully saturated rings. The van der Waals surface area contributed by atoms with Gasteiger partial charge in [-0.2, -0.15) is 9.78 Å². The molecule has 1 heterocycles. The first kappa shape index (κ1) is 26.7. The predicted octanol–water partition coefficient (Wildman–Crippen LogP) is 5.52. The highest BCUT2D eigenvalue weighted by Gasteiger charge is 2.23. The van der Waals surface area contributed by atoms with Crippen molar-refractivity contribution in [1.29, 1.82) is 0 Å². The van der Waals surface area contributed by atoms with Crippen LogP contribution in [0.3, 0.4) is 0 Å². The van der Waals surface area contributed by atoms with Gasteiger partial charge in [-0.25, -0.2) is 9.78 Å². The number of fused-ring (bicyclic) bond motifs is 1. The Kier molecular flexibility index (Phi) is 7.40. The van der Waals surface area contributed by atoms with Crippen LogP contribution in [0.1, 0.15) is 48.1 Å². The molecule has 0 unspecified atom stereocenters. The van der Waals surface area contributed by atoms with Gasteiger partial charge in [0.25, 0.3) is 11.2 Å². The van der Waals surface area contributed by atoms with Crippen LogP contribution in [-0.4, -0.2) is 31.9 Å². The van der Waals surface area contributed by atoms with Crippen LogP contribution in [0, 0.1) is 10.1 Å². The molecule has 0 atom stereocenters. The van der Waals surface area contributed by atoms with Crippen molar-refractivity contribution in [3.63, 3.8) is 0 Å². The zero-order valence-corrected chi connectivity index (χ0v) is 22.3. The van der Waals surface area contributed by atoms with E-state index >= 15 is 0 Å². The van der Waals surface area contributed by atoms with Gasteiger partial charge in [0.15, 0.2) is 0 Å². The van der Waals surface area contributed by atoms with E-state index in [0.717, 1.165) is 0 Å². The van der Waals surface area contributed by atoms with Gasteiger partial charge in [0.1, 0.15) is 18.2 Å². The van der Waals surface area contributed by atoms with Crippen molar-refractivity contribution < 1.29 is 19.6 Å². The molecule has 0 radical (unpaired) electrons. The Bertz CT molecular complexity index is 1660. The van der Waals surface area contributed by atoms with E-state index in [9.17, 15) is 24.8 Å². The van der Waals surface area contributed by atoms with Crippen LogP contribution in [0.25, 0.3) is 10.9 Å². The number of aromatic nitrogens is 2. The third-order valence-corrected chi connectivity index (χ3v) is 6.06. The molecule has 0 amide bonds. The summed E-state index contributed by atoms with van der Waals surface area (Å²) in [6, 6.07) is 15.5. The standard InChI is InChI=1S/C27H23BrN4O6/c1-27(2,3)26-30-22-9-7-19(28)13-21(22)24(33)31(26)29-14-18-12-20(32(36)37)8-10-23(18)38-15-16-5-4-6-17(11-16)25(34)35/h4-14H,15H2,1-3H3,(H,34,35). The molecule has 0 aliphatic carbocycles. The molecule has 0 bridgehead atoms. The maximum atomic E-state index is 13.4. The van der Waals surface area contributed by atoms with Gasteiger partial charge in [-0.05, 0) is 42.0 Å². The molecule has 0 spiro atoms. The number of nitrogens with zero attached hydrogens (tertiary/aromatic N) is 4. The Hall–Kier alpha value is -4.38. The SMILES string of the molecule is CC(C)(C)c1nc2ccc(Br)cc2c(=O)n1N=Cc1cc([N+](=O)[O-])ccc1OCc1cccc(C(=O)O)c1. The second kappa shape index (κ2) is 10.5. The van der Waals surface area contributed by atoms with Crippen molar-refractivity contribution in [2.24, 2.45) is 5.10 Å². The van der Waals surface area contributed by atoms with E-state index < -0.39 is 21.9 Å². The van der Waals surface area contributed by atoms with Gasteiger partial charge >= 0.3 is 5.97 Å². The molecule has 194 valence electrons. The highest BCUT2D eigenvalue weighted by atomic mass is 79.9. The molecule has 0 saturated carbocycles. The lowest BCUT2D eigenvalue weighted by Crippen LogP contribution is -2.29. The quantitative estimate of drug-likeness (QED) is 0.173. The van der Waals surface area contributed by atoms with Gasteiger partial charge in [-0.3, -0.25) is 14.9 Å². The van der Waals surface area contributed by atoms with Crippen LogP contribution in [0.5, 0.6) is 5.75 Å². The molecule has 10 nitrogen and oxygen atoms in total. The number of carboxylic acid groups (broad SMARTS) is 1. The molecule has 1 N–H and O–H groups in total. The molecule has 4 aromatic rings. The largest absolute Gasteiger partial charge is 0.488 e. The molecule has 4 rings (SSSR count). The summed E-state index contributed by atoms with van der Waals surface area (Å²) in [6.07, 6.45) is 1.32. The summed E-state index contributed by atoms with van der Waals surface area (Å²) in [5.41, 5.74) is 0.371. The van der Waals surface area contributed by atoms with E-state index in [1.165, 1.54) is 41.2 Å². The average Bonchev–Trinajstić information content (AvgIpc) is 2.86. The number of ether oxygens (including phenoxy) is 1. The summed E-state index contributed by atoms with van der Waals surface area (Å²) in [4.78, 5) is 40.3. The van der Waals surface area contributed by atoms with Gasteiger partial charge < -0.3 is 9.84 Å². The van der Waals surface area contributed by atoms with E-state index in [1.54, 1.807) is 30.3 Å². The summed E-state index contributed by atoms with van der Waals surface area (Å²) < 4.78 is 7.78. The van der Waals surface area contributed by atoms with E-state index in [-0.39, 0.29) is 29.2 Å². The number of hydrogen-bond donors (Lipinski definition) is 1. The molecular formula is C27H23BrN4O6. The molecule has 11 heteroatoms. The van der Waals surface area contributed by atoms with E-state index in [0.29, 0.717) is 26.8 Å². The van der Waals surface area contributed by atoms with E-state index in [4.69, 9.17) is 4.74 Å². The van der Waals surface area contributed by atoms with Crippen molar-refractivity contribution in [2.45, 2.75) is 32.8 Å². The molecule has 3 aromatic carbocycles. The maximum absolute atomic E-state index is 13.4. The number of halogens is 1. The van der Waals surface area contributed by atoms with Crippen molar-refractivity contribution >= 4 is 44.7 Å². The zero-order chi connectivity index (χ0) is 27.6. The third-order valence-electron chi connectivity index (χ3n) is 5.56. The summed E-state index contributed by atoms with van der Waals surface area (Å²) >= 11 is 3.38. The molecular weight excluding hydrogens is 556 g/mol. The first-order valence-electron chi connectivity index (χ1n) is 11.4. The van der Waals surface area contributed by atoms with E-state index in [2.05, 4.69) is 26.0 Å². The number of benzene rings is 3. The lowest BCUT2D eigenvalue weighted by atomic mass is 9.95. The van der Waals surface area contributed by atoms with Crippen LogP contribution < -0.4 is 10.3 Å². The van der Waals surface area contributed by atoms with Crippen molar-refractivity contribution in [2.75, 3.05) is 0 Å². The minimum Gasteiger partial charge on any atom is -0.488 e. The first-order chi connectivity index (χ1) is 17.9. The number of nitro benzene ring substituents is 1. The highest BCUT2D eigenvalue weighted by Crippen LogP contribution is 2.26. The predicted molar refractivity (Wildman–Crippen MR) is 146 cm³/mol. The smallest absolute Gasteiger partial charge is 0.335 e. The monoisotopic (exact) mass is 578 g/mol. The minimum absolute atomic E-state index is 0.0124. The lowest BCUT2D eigenvalue weighted by Gasteiger charge is -2.21. The molecule has 0 aliphatic rings. The summed E-state index contributed by atoms with van der Waals surface area (Å²) in [5.74, 6) is -0.389. The van der Waals surface area contributed by atoms with Crippen LogP contribution in [0.15, 0.2) is 75.0 Å². The van der Waals surface area contributed by atoms with Gasteiger partial charge in [-0.15, -0.1) is 0 Å². The van der Waals surface area contributed by atoms with Crippen LogP contribution in [-0.2, 0) is 12.0 Å². The maximum Gasteiger partial charge on any atom is 0.335 e. The number of carbonyl (C=O) groups is 1. The summed E-state index contributed by atoms with van der Waals surface area (Å²) in [6.45, 7) is 5.72. The Morgan fingerprint density at radius 1 is 1.18 bits per heavy atom. The third kappa shape index (κ3) is 5.78. The summed E-state index contributed by atoms with van der Waals surface area (Å²) in [5, 5.41) is 25.4. The number of hydrogen-bond acceptors (Lipinski definition) is 7. The first-order valence-corrected chi connectivity index (χ1v) is 12.2. The second-order valence-corrected chi connectivity index (χ2v) is 10.4. The van der Waals surface area contributed by atoms with Crippen LogP contribution in [0.4, 0.5) is 5.69 Å². The normalized spacial score (nSPS) is 11.7. The summed E-state index contributed by atoms with van der Waals surface area (Å²) in [7, 11) is 0. The Balaban J connectivity index is 1.78. The lowest BCUT2D eigenvalue weighted by molar-refractivity contribution is -0.384. The van der Waals surface area contributed by atoms with Gasteiger partial charge in [0.05, 0.1) is 27.6 Å². The minimum atomic E-state index is -1.06. The van der Waals surface area contributed by atoms with Gasteiger partial charge in [0, 0.05) is 27.6 Å². The van der Waals surface area contributed by atoms with Gasteiger partial charge in [0.2, 0.25) is 0 Å². The fourth-order valence-electron chi connectivity index (χ4n) is 3.70. The average molecular weight is 579 g/mol. The topological polar surface area (TPSA) is 137 Å². The number of non-ortho nitro benzene ring substituents is 1. The van der Waals surface area contributed by atoms with Crippen molar-refractivity contribution in [3.05, 3.63) is 108 Å². The molecule has 38 heavy (non-hydrogen) atoms. The Morgan fingerprint density at radius 2 is 1.95 bits per heavy atom. The van der Waals surface area contributed by atoms with Crippen LogP contribution >= 0.6 is 15.9 Å². The number of carboxylic acids is 1. The molecule has 0 saturated heterocycles. The van der Waals surface area contributed by atoms with Crippen LogP contribution in [0.2, 0.25) is 0 Å². The second-order valence-electron chi connectivity index (χ2n) is 9.48. The Morgan fingerprint density at radius 3 is 2.63 bits per heavy atom. The van der Waals surface area contributed by atoms with E-state index in [1.807, 2.05) is 20.8 Å². The molecule has 0 aliphatic heterocycles. The van der Waals surface area contributed by atoms with Crippen molar-refractivity contribution in [1.82, 2.24) is 9.66 Å². The zero-order valence-electron chi connectivity index (χ0n) is 20.7. The number of aromatic carboxylic acids is 1. The number of nitro groups is 1. The Labute approximate surface area is 225 Å². The highest BCUT2D eigenvalue weighted by molar-refractivity contribution is 9.10. The van der Waals surface area contributed by atoms with Gasteiger partial charge in [-0.1, -0.05) is 48.8 Å².